The minimum absolute atomic E-state index is 0.142. The van der Waals surface area contributed by atoms with Crippen LogP contribution in [0.4, 0.5) is 0 Å². The molecule has 2 aromatic heterocycles. The van der Waals surface area contributed by atoms with Gasteiger partial charge < -0.3 is 4.98 Å². The van der Waals surface area contributed by atoms with Crippen molar-refractivity contribution in [2.24, 2.45) is 0 Å². The highest BCUT2D eigenvalue weighted by molar-refractivity contribution is 7.90. The lowest BCUT2D eigenvalue weighted by Gasteiger charge is -2.11. The van der Waals surface area contributed by atoms with Crippen LogP contribution in [0.1, 0.15) is 15.9 Å². The molecular weight excluding hydrogens is 469 g/mol. The molecule has 6 nitrogen and oxygen atoms in total. The van der Waals surface area contributed by atoms with Crippen LogP contribution in [-0.2, 0) is 10.0 Å². The number of hydrogen-bond donors (Lipinski definition) is 1. The van der Waals surface area contributed by atoms with Gasteiger partial charge in [0.15, 0.2) is 5.82 Å². The number of hydrogen-bond acceptors (Lipinski definition) is 4. The monoisotopic (exact) mass is 483 g/mol. The number of imidazole rings is 1. The fraction of sp³-hybridized carbons (Fsp3) is 0.0435. The summed E-state index contributed by atoms with van der Waals surface area (Å²) in [7, 11) is -3.97. The molecule has 0 aliphatic heterocycles. The molecule has 3 aromatic carbocycles. The zero-order valence-corrected chi connectivity index (χ0v) is 19.0. The van der Waals surface area contributed by atoms with E-state index in [0.29, 0.717) is 49.1 Å². The summed E-state index contributed by atoms with van der Waals surface area (Å²) in [5.41, 5.74) is 3.31. The first-order chi connectivity index (χ1) is 15.3. The second-order valence-electron chi connectivity index (χ2n) is 7.42. The maximum atomic E-state index is 13.7. The smallest absolute Gasteiger partial charge is 0.268 e. The number of aromatic nitrogens is 3. The zero-order chi connectivity index (χ0) is 22.6. The van der Waals surface area contributed by atoms with E-state index in [1.165, 1.54) is 3.97 Å². The Balaban J connectivity index is 1.83. The molecule has 0 amide bonds. The Kier molecular flexibility index (Phi) is 4.85. The van der Waals surface area contributed by atoms with Crippen molar-refractivity contribution in [3.8, 4) is 11.5 Å². The lowest BCUT2D eigenvalue weighted by Crippen LogP contribution is -2.14. The summed E-state index contributed by atoms with van der Waals surface area (Å²) in [6, 6.07) is 16.4. The van der Waals surface area contributed by atoms with Gasteiger partial charge in [0.2, 0.25) is 0 Å². The van der Waals surface area contributed by atoms with Crippen molar-refractivity contribution in [1.82, 2.24) is 13.9 Å². The van der Waals surface area contributed by atoms with Gasteiger partial charge in [-0.25, -0.2) is 17.4 Å². The number of fused-ring (bicyclic) bond motifs is 2. The summed E-state index contributed by atoms with van der Waals surface area (Å²) in [4.78, 5) is 19.1. The number of nitrogens with zero attached hydrogens (tertiary/aromatic N) is 2. The zero-order valence-electron chi connectivity index (χ0n) is 16.6. The third-order valence-corrected chi connectivity index (χ3v) is 7.71. The number of carbonyl (C=O) groups is 1. The summed E-state index contributed by atoms with van der Waals surface area (Å²) in [6.07, 6.45) is 0.718. The van der Waals surface area contributed by atoms with Crippen molar-refractivity contribution >= 4 is 61.4 Å². The topological polar surface area (TPSA) is 84.8 Å². The fourth-order valence-electron chi connectivity index (χ4n) is 3.65. The van der Waals surface area contributed by atoms with Crippen molar-refractivity contribution in [3.63, 3.8) is 0 Å². The number of aromatic amines is 1. The number of rotatable bonds is 4. The molecule has 0 saturated heterocycles. The van der Waals surface area contributed by atoms with Crippen LogP contribution in [0.3, 0.4) is 0 Å². The molecule has 0 bridgehead atoms. The minimum atomic E-state index is -3.97. The number of carbonyl (C=O) groups excluding carboxylic acids is 1. The first kappa shape index (κ1) is 20.8. The highest BCUT2D eigenvalue weighted by atomic mass is 35.5. The van der Waals surface area contributed by atoms with Crippen LogP contribution in [-0.4, -0.2) is 28.6 Å². The third-order valence-electron chi connectivity index (χ3n) is 5.24. The molecule has 0 radical (unpaired) electrons. The van der Waals surface area contributed by atoms with E-state index in [4.69, 9.17) is 23.2 Å². The van der Waals surface area contributed by atoms with Crippen LogP contribution in [0.25, 0.3) is 33.5 Å². The Hall–Kier alpha value is -3.13. The Morgan fingerprint density at radius 3 is 2.41 bits per heavy atom. The van der Waals surface area contributed by atoms with Gasteiger partial charge in [0.25, 0.3) is 10.0 Å². The van der Waals surface area contributed by atoms with E-state index in [-0.39, 0.29) is 4.90 Å². The lowest BCUT2D eigenvalue weighted by atomic mass is 10.2. The van der Waals surface area contributed by atoms with E-state index in [1.54, 1.807) is 60.7 Å². The van der Waals surface area contributed by atoms with E-state index in [0.717, 1.165) is 11.8 Å². The Bertz CT molecular complexity index is 1600. The molecule has 1 N–H and O–H groups in total. The number of aldehydes is 1. The Labute approximate surface area is 193 Å². The van der Waals surface area contributed by atoms with Gasteiger partial charge >= 0.3 is 0 Å². The van der Waals surface area contributed by atoms with Crippen molar-refractivity contribution in [3.05, 3.63) is 81.8 Å². The van der Waals surface area contributed by atoms with Gasteiger partial charge in [0.05, 0.1) is 31.5 Å². The summed E-state index contributed by atoms with van der Waals surface area (Å²) < 4.78 is 28.6. The van der Waals surface area contributed by atoms with Crippen LogP contribution >= 0.6 is 23.2 Å². The molecule has 0 spiro atoms. The molecule has 0 aliphatic rings. The molecule has 2 heterocycles. The molecule has 5 rings (SSSR count). The Morgan fingerprint density at radius 2 is 1.69 bits per heavy atom. The van der Waals surface area contributed by atoms with Gasteiger partial charge in [-0.2, -0.15) is 0 Å². The first-order valence-corrected chi connectivity index (χ1v) is 11.8. The number of aryl methyl sites for hydroxylation is 1. The Morgan fingerprint density at radius 1 is 0.969 bits per heavy atom. The number of halogens is 2. The van der Waals surface area contributed by atoms with Crippen LogP contribution in [0.5, 0.6) is 0 Å². The molecule has 32 heavy (non-hydrogen) atoms. The molecule has 9 heteroatoms. The lowest BCUT2D eigenvalue weighted by molar-refractivity contribution is 0.112. The molecule has 5 aromatic rings. The molecule has 0 saturated carbocycles. The van der Waals surface area contributed by atoms with Crippen LogP contribution in [0.15, 0.2) is 65.6 Å². The third kappa shape index (κ3) is 3.30. The molecule has 0 unspecified atom stereocenters. The van der Waals surface area contributed by atoms with E-state index in [9.17, 15) is 13.2 Å². The second kappa shape index (κ2) is 7.48. The number of benzene rings is 3. The quantitative estimate of drug-likeness (QED) is 0.325. The van der Waals surface area contributed by atoms with Gasteiger partial charge in [-0.15, -0.1) is 0 Å². The predicted octanol–water partition coefficient (Wildman–Crippen LogP) is 5.85. The molecule has 0 atom stereocenters. The van der Waals surface area contributed by atoms with Gasteiger partial charge in [0, 0.05) is 10.9 Å². The van der Waals surface area contributed by atoms with Gasteiger partial charge in [-0.05, 0) is 55.5 Å². The molecule has 0 aliphatic carbocycles. The summed E-state index contributed by atoms with van der Waals surface area (Å²) in [5, 5.41) is 1.30. The van der Waals surface area contributed by atoms with Crippen LogP contribution in [0, 0.1) is 6.92 Å². The largest absolute Gasteiger partial charge is 0.337 e. The average molecular weight is 484 g/mol. The van der Waals surface area contributed by atoms with Crippen molar-refractivity contribution in [2.75, 3.05) is 0 Å². The first-order valence-electron chi connectivity index (χ1n) is 9.56. The van der Waals surface area contributed by atoms with Gasteiger partial charge in [0.1, 0.15) is 12.0 Å². The van der Waals surface area contributed by atoms with E-state index >= 15 is 0 Å². The van der Waals surface area contributed by atoms with Crippen molar-refractivity contribution in [1.29, 1.82) is 0 Å². The van der Waals surface area contributed by atoms with E-state index in [2.05, 4.69) is 9.97 Å². The van der Waals surface area contributed by atoms with E-state index < -0.39 is 10.0 Å². The van der Waals surface area contributed by atoms with Crippen LogP contribution in [0.2, 0.25) is 10.0 Å². The standard InChI is InChI=1S/C23H15Cl2N3O3S/c1-13-2-5-16(6-3-13)32(30,31)28-21-7-4-14(12-29)8-15(21)9-22(28)23-26-19-10-17(24)18(25)11-20(19)27-23/h2-12H,1H3,(H,26,27). The van der Waals surface area contributed by atoms with Crippen molar-refractivity contribution < 1.29 is 13.2 Å². The fourth-order valence-corrected chi connectivity index (χ4v) is 5.48. The summed E-state index contributed by atoms with van der Waals surface area (Å²) >= 11 is 12.2. The highest BCUT2D eigenvalue weighted by Crippen LogP contribution is 2.34. The maximum Gasteiger partial charge on any atom is 0.268 e. The average Bonchev–Trinajstić information content (AvgIpc) is 3.35. The number of nitrogens with one attached hydrogen (secondary N) is 1. The van der Waals surface area contributed by atoms with Gasteiger partial charge in [-0.1, -0.05) is 40.9 Å². The highest BCUT2D eigenvalue weighted by Gasteiger charge is 2.25. The molecule has 0 fully saturated rings. The molecule has 160 valence electrons. The van der Waals surface area contributed by atoms with Crippen molar-refractivity contribution in [2.45, 2.75) is 11.8 Å². The second-order valence-corrected chi connectivity index (χ2v) is 10.0. The SMILES string of the molecule is Cc1ccc(S(=O)(=O)n2c(-c3nc4cc(Cl)c(Cl)cc4[nH]3)cc3cc(C=O)ccc32)cc1. The van der Waals surface area contributed by atoms with Gasteiger partial charge in [-0.3, -0.25) is 4.79 Å². The maximum absolute atomic E-state index is 13.7. The minimum Gasteiger partial charge on any atom is -0.337 e. The normalized spacial score (nSPS) is 12.0. The molecular formula is C23H15Cl2N3O3S. The summed E-state index contributed by atoms with van der Waals surface area (Å²) in [6.45, 7) is 1.89. The van der Waals surface area contributed by atoms with Crippen LogP contribution < -0.4 is 0 Å². The summed E-state index contributed by atoms with van der Waals surface area (Å²) in [5.74, 6) is 0.331. The number of H-pyrrole nitrogens is 1. The predicted molar refractivity (Wildman–Crippen MR) is 126 cm³/mol. The van der Waals surface area contributed by atoms with E-state index in [1.807, 2.05) is 6.92 Å².